The van der Waals surface area contributed by atoms with Gasteiger partial charge in [0.1, 0.15) is 11.1 Å². The van der Waals surface area contributed by atoms with Crippen LogP contribution in [0.5, 0.6) is 0 Å². The Kier molecular flexibility index (Phi) is 9.74. The number of rotatable bonds is 11. The summed E-state index contributed by atoms with van der Waals surface area (Å²) in [6, 6.07) is 20.4. The second-order valence-corrected chi connectivity index (χ2v) is 12.0. The van der Waals surface area contributed by atoms with Gasteiger partial charge >= 0.3 is 12.2 Å². The van der Waals surface area contributed by atoms with Gasteiger partial charge in [0.05, 0.1) is 51.1 Å². The van der Waals surface area contributed by atoms with E-state index in [1.807, 2.05) is 48.5 Å². The number of alkyl carbamates (subject to hydrolysis) is 2. The minimum atomic E-state index is -0.650. The summed E-state index contributed by atoms with van der Waals surface area (Å²) < 4.78 is 8.95. The highest BCUT2D eigenvalue weighted by atomic mass is 31.1. The van der Waals surface area contributed by atoms with E-state index in [-0.39, 0.29) is 41.3 Å². The minimum absolute atomic E-state index is 0.116. The highest BCUT2D eigenvalue weighted by Gasteiger charge is 2.13. The van der Waals surface area contributed by atoms with Crippen LogP contribution in [0.2, 0.25) is 0 Å². The fourth-order valence-electron chi connectivity index (χ4n) is 4.30. The van der Waals surface area contributed by atoms with Crippen LogP contribution in [-0.4, -0.2) is 70.5 Å². The maximum atomic E-state index is 12.1. The molecule has 3 aromatic rings. The molecule has 1 aromatic carbocycles. The third kappa shape index (κ3) is 7.72. The number of hydrogen-bond acceptors (Lipinski definition) is 8. The van der Waals surface area contributed by atoms with Gasteiger partial charge in [-0.2, -0.15) is 0 Å². The van der Waals surface area contributed by atoms with Crippen LogP contribution >= 0.6 is 17.2 Å². The van der Waals surface area contributed by atoms with Crippen molar-refractivity contribution in [1.82, 2.24) is 30.6 Å². The number of benzene rings is 1. The molecule has 2 atom stereocenters. The van der Waals surface area contributed by atoms with Crippen molar-refractivity contribution >= 4 is 51.5 Å². The number of carbonyl (C=O) groups excluding carboxylic acids is 4. The van der Waals surface area contributed by atoms with E-state index in [0.29, 0.717) is 11.1 Å². The van der Waals surface area contributed by atoms with Gasteiger partial charge in [0.2, 0.25) is 0 Å². The largest absolute Gasteiger partial charge is 0.453 e. The molecule has 2 amide bonds. The number of carbonyl (C=O) groups is 4. The lowest BCUT2D eigenvalue weighted by Crippen LogP contribution is -2.28. The molecule has 4 N–H and O–H groups in total. The Morgan fingerprint density at radius 2 is 1.00 bits per heavy atom. The van der Waals surface area contributed by atoms with Crippen LogP contribution in [0, 0.1) is 0 Å². The molecule has 2 aromatic heterocycles. The van der Waals surface area contributed by atoms with Gasteiger partial charge in [0.25, 0.3) is 0 Å². The summed E-state index contributed by atoms with van der Waals surface area (Å²) in [5, 5.41) is 4.75. The predicted molar refractivity (Wildman–Crippen MR) is 170 cm³/mol. The van der Waals surface area contributed by atoms with Crippen molar-refractivity contribution in [3.05, 3.63) is 73.1 Å². The van der Waals surface area contributed by atoms with Crippen LogP contribution in [0.4, 0.5) is 9.59 Å². The maximum Gasteiger partial charge on any atom is 0.407 e. The number of imidazole rings is 2. The summed E-state index contributed by atoms with van der Waals surface area (Å²) in [7, 11) is 2.06. The molecule has 0 aliphatic heterocycles. The Bertz CT molecular complexity index is 1750. The first-order valence-corrected chi connectivity index (χ1v) is 15.3. The van der Waals surface area contributed by atoms with Crippen molar-refractivity contribution in [2.45, 2.75) is 0 Å². The minimum Gasteiger partial charge on any atom is -0.453 e. The molecular formula is C30H28N6O6P2. The molecule has 0 bridgehead atoms. The standard InChI is InChI=1S/C30H28N6O6P2/c1-41-29(39)33-15-25(37)43-27-31-13-23(35-27)18-5-3-17(4-6-18)22-11-20-9-7-19(8-10-21(20)12-22)24-14-32-28(36-24)44-26(38)16-34-30(40)42-2/h3-14,43-44H,15-16H2,1-2H3,(H,31,35)(H,32,36)(H,33,39)(H,34,40). The van der Waals surface area contributed by atoms with Crippen LogP contribution < -0.4 is 21.8 Å². The summed E-state index contributed by atoms with van der Waals surface area (Å²) >= 11 is 0. The molecule has 2 aliphatic carbocycles. The van der Waals surface area contributed by atoms with E-state index >= 15 is 0 Å². The van der Waals surface area contributed by atoms with Crippen LogP contribution in [-0.2, 0) is 19.1 Å². The van der Waals surface area contributed by atoms with Gasteiger partial charge in [0, 0.05) is 17.2 Å². The van der Waals surface area contributed by atoms with Crippen LogP contribution in [0.25, 0.3) is 44.8 Å². The molecule has 2 unspecified atom stereocenters. The number of aromatic amines is 2. The Morgan fingerprint density at radius 3 is 1.41 bits per heavy atom. The van der Waals surface area contributed by atoms with Crippen LogP contribution in [0.15, 0.2) is 73.1 Å². The lowest BCUT2D eigenvalue weighted by atomic mass is 10.1. The molecule has 2 aliphatic rings. The normalized spacial score (nSPS) is 11.3. The zero-order chi connectivity index (χ0) is 31.1. The van der Waals surface area contributed by atoms with Crippen LogP contribution in [0.1, 0.15) is 0 Å². The predicted octanol–water partition coefficient (Wildman–Crippen LogP) is 3.61. The van der Waals surface area contributed by atoms with Crippen molar-refractivity contribution in [2.24, 2.45) is 0 Å². The highest BCUT2D eigenvalue weighted by Crippen LogP contribution is 2.34. The third-order valence-corrected chi connectivity index (χ3v) is 8.40. The van der Waals surface area contributed by atoms with Crippen molar-refractivity contribution in [2.75, 3.05) is 27.3 Å². The fourth-order valence-corrected chi connectivity index (χ4v) is 5.83. The first-order valence-electron chi connectivity index (χ1n) is 13.3. The Balaban J connectivity index is 1.22. The van der Waals surface area contributed by atoms with Crippen molar-refractivity contribution < 1.29 is 28.7 Å². The molecule has 0 saturated carbocycles. The summed E-state index contributed by atoms with van der Waals surface area (Å²) in [5.74, 6) is 0. The number of fused-ring (bicyclic) bond motifs is 1. The zero-order valence-electron chi connectivity index (χ0n) is 23.7. The zero-order valence-corrected chi connectivity index (χ0v) is 25.7. The van der Waals surface area contributed by atoms with Gasteiger partial charge < -0.3 is 30.1 Å². The quantitative estimate of drug-likeness (QED) is 0.161. The Labute approximate surface area is 255 Å². The molecule has 224 valence electrons. The molecule has 0 saturated heterocycles. The van der Waals surface area contributed by atoms with E-state index in [1.54, 1.807) is 12.4 Å². The van der Waals surface area contributed by atoms with Gasteiger partial charge in [-0.25, -0.2) is 19.6 Å². The average molecular weight is 631 g/mol. The first kappa shape index (κ1) is 30.5. The van der Waals surface area contributed by atoms with E-state index in [1.165, 1.54) is 14.2 Å². The number of methoxy groups -OCH3 is 2. The average Bonchev–Trinajstić information content (AvgIpc) is 3.77. The monoisotopic (exact) mass is 630 g/mol. The maximum absolute atomic E-state index is 12.1. The van der Waals surface area contributed by atoms with Gasteiger partial charge in [-0.15, -0.1) is 0 Å². The summed E-state index contributed by atoms with van der Waals surface area (Å²) in [6.45, 7) is -0.235. The van der Waals surface area contributed by atoms with E-state index in [4.69, 9.17) is 0 Å². The third-order valence-electron chi connectivity index (χ3n) is 6.51. The summed E-state index contributed by atoms with van der Waals surface area (Å²) in [6.07, 6.45) is 2.08. The number of nitrogens with zero attached hydrogens (tertiary/aromatic N) is 2. The van der Waals surface area contributed by atoms with Crippen LogP contribution in [0.3, 0.4) is 0 Å². The molecule has 14 heteroatoms. The molecule has 12 nitrogen and oxygen atoms in total. The number of aromatic nitrogens is 4. The summed E-state index contributed by atoms with van der Waals surface area (Å²) in [5.41, 5.74) is 8.50. The molecular weight excluding hydrogens is 602 g/mol. The van der Waals surface area contributed by atoms with Gasteiger partial charge in [-0.1, -0.05) is 48.5 Å². The molecule has 0 fully saturated rings. The van der Waals surface area contributed by atoms with E-state index < -0.39 is 12.2 Å². The second kappa shape index (κ2) is 14.0. The molecule has 44 heavy (non-hydrogen) atoms. The molecule has 0 spiro atoms. The number of hydrogen-bond donors (Lipinski definition) is 4. The van der Waals surface area contributed by atoms with Gasteiger partial charge in [-0.3, -0.25) is 9.59 Å². The van der Waals surface area contributed by atoms with E-state index in [9.17, 15) is 19.2 Å². The molecule has 0 radical (unpaired) electrons. The summed E-state index contributed by atoms with van der Waals surface area (Å²) in [4.78, 5) is 61.6. The van der Waals surface area contributed by atoms with Crippen molar-refractivity contribution in [3.63, 3.8) is 0 Å². The number of nitrogens with one attached hydrogen (secondary N) is 4. The topological polar surface area (TPSA) is 168 Å². The molecule has 5 rings (SSSR count). The lowest BCUT2D eigenvalue weighted by molar-refractivity contribution is -0.111. The molecule has 2 heterocycles. The number of amides is 2. The highest BCUT2D eigenvalue weighted by molar-refractivity contribution is 7.65. The number of H-pyrrole nitrogens is 2. The van der Waals surface area contributed by atoms with Gasteiger partial charge in [-0.05, 0) is 45.5 Å². The second-order valence-electron chi connectivity index (χ2n) is 9.43. The van der Waals surface area contributed by atoms with E-state index in [2.05, 4.69) is 52.2 Å². The van der Waals surface area contributed by atoms with Gasteiger partial charge in [0.15, 0.2) is 11.0 Å². The fraction of sp³-hybridized carbons (Fsp3) is 0.133. The lowest BCUT2D eigenvalue weighted by Gasteiger charge is -2.02. The van der Waals surface area contributed by atoms with Crippen molar-refractivity contribution in [3.8, 4) is 44.8 Å². The van der Waals surface area contributed by atoms with Crippen molar-refractivity contribution in [1.29, 1.82) is 0 Å². The first-order chi connectivity index (χ1) is 21.3. The Morgan fingerprint density at radius 1 is 0.614 bits per heavy atom. The number of ether oxygens (including phenoxy) is 2. The Hall–Kier alpha value is -4.92. The smallest absolute Gasteiger partial charge is 0.407 e. The SMILES string of the molecule is COC(=O)NCC(=O)Pc1ncc(-c2ccc(-c3cc4ccc(-c5cnc(PC(=O)CNC(=O)OC)[nH]5)ccc-4c3)cc2)[nH]1. The van der Waals surface area contributed by atoms with E-state index in [0.717, 1.165) is 44.8 Å².